The number of carbonyl (C=O) groups is 2. The minimum atomic E-state index is -1.44. The van der Waals surface area contributed by atoms with Crippen molar-refractivity contribution in [1.82, 2.24) is 5.32 Å². The van der Waals surface area contributed by atoms with Gasteiger partial charge in [0, 0.05) is 12.5 Å². The molecule has 0 spiro atoms. The maximum absolute atomic E-state index is 14.3. The number of aliphatic carboxylic acids is 1. The fourth-order valence-corrected chi connectivity index (χ4v) is 4.49. The molecule has 0 fully saturated rings. The minimum absolute atomic E-state index is 0.200. The average Bonchev–Trinajstić information content (AvgIpc) is 2.91. The molecule has 0 aliphatic heterocycles. The Labute approximate surface area is 212 Å². The summed E-state index contributed by atoms with van der Waals surface area (Å²) in [5.74, 6) is -2.94. The van der Waals surface area contributed by atoms with Crippen LogP contribution in [0.3, 0.4) is 0 Å². The number of benzene rings is 4. The fourth-order valence-electron chi connectivity index (χ4n) is 4.49. The van der Waals surface area contributed by atoms with E-state index in [1.54, 1.807) is 72.8 Å². The lowest BCUT2D eigenvalue weighted by Crippen LogP contribution is -2.52. The van der Waals surface area contributed by atoms with Gasteiger partial charge >= 0.3 is 11.7 Å². The first-order chi connectivity index (χ1) is 17.8. The van der Waals surface area contributed by atoms with Gasteiger partial charge in [-0.05, 0) is 28.3 Å². The van der Waals surface area contributed by atoms with Crippen LogP contribution in [-0.4, -0.2) is 27.9 Å². The van der Waals surface area contributed by atoms with E-state index < -0.39 is 39.8 Å². The Bertz CT molecular complexity index is 1320. The van der Waals surface area contributed by atoms with E-state index in [0.29, 0.717) is 16.7 Å². The second kappa shape index (κ2) is 10.8. The van der Waals surface area contributed by atoms with Crippen LogP contribution in [0.15, 0.2) is 109 Å². The lowest BCUT2D eigenvalue weighted by Gasteiger charge is -2.35. The Balaban J connectivity index is 1.82. The van der Waals surface area contributed by atoms with Crippen LogP contribution < -0.4 is 5.32 Å². The van der Waals surface area contributed by atoms with Crippen LogP contribution in [0.25, 0.3) is 0 Å². The molecular weight excluding hydrogens is 475 g/mol. The summed E-state index contributed by atoms with van der Waals surface area (Å²) >= 11 is 0. The van der Waals surface area contributed by atoms with E-state index in [1.807, 2.05) is 18.2 Å². The number of hydrogen-bond donors (Lipinski definition) is 2. The monoisotopic (exact) mass is 498 g/mol. The van der Waals surface area contributed by atoms with Gasteiger partial charge in [0.1, 0.15) is 11.5 Å². The van der Waals surface area contributed by atoms with Crippen molar-refractivity contribution in [2.75, 3.05) is 0 Å². The third-order valence-corrected chi connectivity index (χ3v) is 6.21. The summed E-state index contributed by atoms with van der Waals surface area (Å²) in [6.07, 6.45) is -0.281. The molecule has 4 rings (SSSR count). The number of nitro benzene ring substituents is 1. The summed E-state index contributed by atoms with van der Waals surface area (Å²) in [7, 11) is 0. The first-order valence-electron chi connectivity index (χ1n) is 11.5. The van der Waals surface area contributed by atoms with Gasteiger partial charge in [-0.15, -0.1) is 0 Å². The number of amides is 1. The third kappa shape index (κ3) is 5.08. The van der Waals surface area contributed by atoms with E-state index in [9.17, 15) is 29.2 Å². The molecule has 2 N–H and O–H groups in total. The molecular formula is C29H23FN2O5. The summed E-state index contributed by atoms with van der Waals surface area (Å²) in [4.78, 5) is 36.8. The number of carbonyl (C=O) groups excluding carboxylic acids is 1. The van der Waals surface area contributed by atoms with Gasteiger partial charge in [0.25, 0.3) is 0 Å². The molecule has 0 saturated heterocycles. The molecule has 186 valence electrons. The highest BCUT2D eigenvalue weighted by molar-refractivity contribution is 5.98. The lowest BCUT2D eigenvalue weighted by atomic mass is 9.68. The van der Waals surface area contributed by atoms with E-state index in [0.717, 1.165) is 12.1 Å². The summed E-state index contributed by atoms with van der Waals surface area (Å²) in [6.45, 7) is 0. The summed E-state index contributed by atoms with van der Waals surface area (Å²) in [5.41, 5.74) is -0.0678. The number of nitro groups is 1. The van der Waals surface area contributed by atoms with Crippen LogP contribution in [0.4, 0.5) is 10.1 Å². The van der Waals surface area contributed by atoms with Gasteiger partial charge in [0.05, 0.1) is 4.92 Å². The predicted octanol–water partition coefficient (Wildman–Crippen LogP) is 4.88. The Morgan fingerprint density at radius 1 is 0.838 bits per heavy atom. The number of hydrogen-bond acceptors (Lipinski definition) is 4. The Morgan fingerprint density at radius 3 is 1.70 bits per heavy atom. The number of nitrogens with one attached hydrogen (secondary N) is 1. The molecule has 4 aromatic carbocycles. The van der Waals surface area contributed by atoms with Crippen molar-refractivity contribution in [2.24, 2.45) is 0 Å². The Morgan fingerprint density at radius 2 is 1.30 bits per heavy atom. The molecule has 0 aromatic heterocycles. The summed E-state index contributed by atoms with van der Waals surface area (Å²) in [5, 5.41) is 23.8. The van der Waals surface area contributed by atoms with E-state index >= 15 is 0 Å². The van der Waals surface area contributed by atoms with E-state index in [2.05, 4.69) is 5.32 Å². The molecule has 0 heterocycles. The van der Waals surface area contributed by atoms with Crippen molar-refractivity contribution in [3.8, 4) is 0 Å². The molecule has 0 aliphatic carbocycles. The Kier molecular flexibility index (Phi) is 7.39. The molecule has 0 bridgehead atoms. The smallest absolute Gasteiger partial charge is 0.326 e. The van der Waals surface area contributed by atoms with Crippen LogP contribution in [0.5, 0.6) is 0 Å². The first-order valence-corrected chi connectivity index (χ1v) is 11.5. The van der Waals surface area contributed by atoms with Gasteiger partial charge in [-0.25, -0.2) is 4.79 Å². The van der Waals surface area contributed by atoms with Gasteiger partial charge in [-0.1, -0.05) is 97.1 Å². The third-order valence-electron chi connectivity index (χ3n) is 6.21. The molecule has 0 unspecified atom stereocenters. The Hall–Kier alpha value is -4.85. The van der Waals surface area contributed by atoms with Crippen molar-refractivity contribution >= 4 is 17.6 Å². The van der Waals surface area contributed by atoms with Crippen molar-refractivity contribution < 1.29 is 24.0 Å². The minimum Gasteiger partial charge on any atom is -0.480 e. The summed E-state index contributed by atoms with van der Waals surface area (Å²) in [6, 6.07) is 28.8. The predicted molar refractivity (Wildman–Crippen MR) is 136 cm³/mol. The molecule has 7 nitrogen and oxygen atoms in total. The molecule has 37 heavy (non-hydrogen) atoms. The lowest BCUT2D eigenvalue weighted by molar-refractivity contribution is -0.387. The van der Waals surface area contributed by atoms with Crippen molar-refractivity contribution in [3.63, 3.8) is 0 Å². The fraction of sp³-hybridized carbons (Fsp3) is 0.103. The summed E-state index contributed by atoms with van der Waals surface area (Å²) < 4.78 is 13.8. The topological polar surface area (TPSA) is 110 Å². The number of carboxylic acids is 1. The zero-order valence-corrected chi connectivity index (χ0v) is 19.6. The average molecular weight is 499 g/mol. The van der Waals surface area contributed by atoms with Crippen molar-refractivity contribution in [2.45, 2.75) is 17.9 Å². The second-order valence-corrected chi connectivity index (χ2v) is 8.46. The molecule has 1 amide bonds. The van der Waals surface area contributed by atoms with Crippen molar-refractivity contribution in [3.05, 3.63) is 147 Å². The van der Waals surface area contributed by atoms with E-state index in [4.69, 9.17) is 0 Å². The van der Waals surface area contributed by atoms with Crippen LogP contribution in [-0.2, 0) is 21.4 Å². The zero-order chi connectivity index (χ0) is 26.4. The van der Waals surface area contributed by atoms with Gasteiger partial charge < -0.3 is 10.4 Å². The number of carboxylic acid groups (broad SMARTS) is 1. The van der Waals surface area contributed by atoms with Crippen molar-refractivity contribution in [1.29, 1.82) is 0 Å². The van der Waals surface area contributed by atoms with Gasteiger partial charge in [-0.3, -0.25) is 14.9 Å². The molecule has 0 saturated carbocycles. The number of halogens is 1. The highest BCUT2D eigenvalue weighted by atomic mass is 19.1. The van der Waals surface area contributed by atoms with Gasteiger partial charge in [0.15, 0.2) is 0 Å². The standard InChI is InChI=1S/C29H23FN2O5/c30-24-17-16-20(19-26(24)32(36)37)18-25(27(33)34)31-28(35)29(21-10-4-1-5-11-21,22-12-6-2-7-13-22)23-14-8-3-9-15-23/h1-17,19,25H,18H2,(H,31,35)(H,33,34)/t25-/m1/s1. The van der Waals surface area contributed by atoms with E-state index in [1.165, 1.54) is 6.07 Å². The van der Waals surface area contributed by atoms with Gasteiger partial charge in [0.2, 0.25) is 11.7 Å². The molecule has 0 aliphatic rings. The maximum Gasteiger partial charge on any atom is 0.326 e. The molecule has 4 aromatic rings. The number of nitrogens with zero attached hydrogens (tertiary/aromatic N) is 1. The molecule has 1 atom stereocenters. The largest absolute Gasteiger partial charge is 0.480 e. The molecule has 0 radical (unpaired) electrons. The SMILES string of the molecule is O=C(O)[C@@H](Cc1ccc(F)c([N+](=O)[O-])c1)NC(=O)C(c1ccccc1)(c1ccccc1)c1ccccc1. The maximum atomic E-state index is 14.3. The van der Waals surface area contributed by atoms with Crippen LogP contribution in [0.2, 0.25) is 0 Å². The van der Waals surface area contributed by atoms with Gasteiger partial charge in [-0.2, -0.15) is 4.39 Å². The normalized spacial score (nSPS) is 11.9. The highest BCUT2D eigenvalue weighted by Gasteiger charge is 2.45. The number of rotatable bonds is 9. The quantitative estimate of drug-likeness (QED) is 0.194. The van der Waals surface area contributed by atoms with E-state index in [-0.39, 0.29) is 12.0 Å². The first kappa shape index (κ1) is 25.2. The van der Waals surface area contributed by atoms with Crippen LogP contribution >= 0.6 is 0 Å². The zero-order valence-electron chi connectivity index (χ0n) is 19.6. The molecule has 8 heteroatoms. The van der Waals surface area contributed by atoms with Crippen LogP contribution in [0, 0.1) is 15.9 Å². The second-order valence-electron chi connectivity index (χ2n) is 8.46. The highest BCUT2D eigenvalue weighted by Crippen LogP contribution is 2.39. The van der Waals surface area contributed by atoms with Crippen LogP contribution in [0.1, 0.15) is 22.3 Å².